The largest absolute Gasteiger partial charge is 0.497 e. The number of hydrogen-bond acceptors (Lipinski definition) is 3. The monoisotopic (exact) mass is 313 g/mol. The van der Waals surface area contributed by atoms with Crippen molar-refractivity contribution < 1.29 is 4.74 Å². The average molecular weight is 314 g/mol. The quantitative estimate of drug-likeness (QED) is 0.627. The Labute approximate surface area is 117 Å². The number of halogens is 1. The van der Waals surface area contributed by atoms with Crippen LogP contribution in [0, 0.1) is 5.41 Å². The van der Waals surface area contributed by atoms with Crippen LogP contribution in [0.15, 0.2) is 22.7 Å². The van der Waals surface area contributed by atoms with Crippen LogP contribution in [0.3, 0.4) is 0 Å². The van der Waals surface area contributed by atoms with Crippen LogP contribution in [0.4, 0.5) is 0 Å². The van der Waals surface area contributed by atoms with E-state index >= 15 is 0 Å². The molecule has 1 aromatic carbocycles. The summed E-state index contributed by atoms with van der Waals surface area (Å²) in [6.45, 7) is 2.85. The Kier molecular flexibility index (Phi) is 5.62. The van der Waals surface area contributed by atoms with E-state index in [2.05, 4.69) is 27.8 Å². The zero-order valence-electron chi connectivity index (χ0n) is 11.0. The summed E-state index contributed by atoms with van der Waals surface area (Å²) in [7, 11) is 3.69. The van der Waals surface area contributed by atoms with Crippen molar-refractivity contribution in [2.24, 2.45) is 5.73 Å². The molecule has 0 saturated carbocycles. The normalized spacial score (nSPS) is 12.5. The Morgan fingerprint density at radius 1 is 1.56 bits per heavy atom. The minimum atomic E-state index is 0.221. The molecule has 0 bridgehead atoms. The first kappa shape index (κ1) is 15.0. The van der Waals surface area contributed by atoms with E-state index in [-0.39, 0.29) is 11.9 Å². The summed E-state index contributed by atoms with van der Waals surface area (Å²) in [5, 5.41) is 7.33. The van der Waals surface area contributed by atoms with Gasteiger partial charge in [0.1, 0.15) is 5.75 Å². The van der Waals surface area contributed by atoms with Gasteiger partial charge in [0.2, 0.25) is 0 Å². The van der Waals surface area contributed by atoms with E-state index < -0.39 is 0 Å². The zero-order chi connectivity index (χ0) is 13.7. The molecule has 0 saturated heterocycles. The van der Waals surface area contributed by atoms with Crippen LogP contribution in [-0.4, -0.2) is 30.9 Å². The predicted molar refractivity (Wildman–Crippen MR) is 78.2 cm³/mol. The van der Waals surface area contributed by atoms with Crippen molar-refractivity contribution >= 4 is 21.8 Å². The van der Waals surface area contributed by atoms with E-state index in [4.69, 9.17) is 15.9 Å². The molecular weight excluding hydrogens is 294 g/mol. The standard InChI is InChI=1S/C13H20BrN3O/c1-9(6-13(15)16)17(2)8-10-7-11(18-3)4-5-12(10)14/h4-5,7,9H,6,8H2,1-3H3,(H3,15,16). The first-order valence-electron chi connectivity index (χ1n) is 5.79. The molecule has 0 spiro atoms. The molecule has 5 heteroatoms. The lowest BCUT2D eigenvalue weighted by Gasteiger charge is -2.25. The fourth-order valence-corrected chi connectivity index (χ4v) is 2.07. The zero-order valence-corrected chi connectivity index (χ0v) is 12.6. The van der Waals surface area contributed by atoms with Gasteiger partial charge < -0.3 is 10.5 Å². The van der Waals surface area contributed by atoms with Crippen LogP contribution < -0.4 is 10.5 Å². The number of benzene rings is 1. The van der Waals surface area contributed by atoms with Gasteiger partial charge in [-0.2, -0.15) is 0 Å². The van der Waals surface area contributed by atoms with Crippen LogP contribution >= 0.6 is 15.9 Å². The van der Waals surface area contributed by atoms with Gasteiger partial charge in [0.05, 0.1) is 12.9 Å². The Bertz CT molecular complexity index is 423. The molecule has 1 rings (SSSR count). The topological polar surface area (TPSA) is 62.3 Å². The maximum atomic E-state index is 7.33. The van der Waals surface area contributed by atoms with Crippen LogP contribution in [0.2, 0.25) is 0 Å². The smallest absolute Gasteiger partial charge is 0.119 e. The van der Waals surface area contributed by atoms with Crippen molar-refractivity contribution in [3.8, 4) is 5.75 Å². The Morgan fingerprint density at radius 3 is 2.78 bits per heavy atom. The maximum Gasteiger partial charge on any atom is 0.119 e. The molecule has 1 aromatic rings. The molecule has 0 heterocycles. The summed E-state index contributed by atoms with van der Waals surface area (Å²) < 4.78 is 6.28. The van der Waals surface area contributed by atoms with Gasteiger partial charge in [-0.05, 0) is 37.7 Å². The van der Waals surface area contributed by atoms with Gasteiger partial charge in [-0.1, -0.05) is 15.9 Å². The molecule has 4 nitrogen and oxygen atoms in total. The summed E-state index contributed by atoms with van der Waals surface area (Å²) >= 11 is 3.54. The first-order chi connectivity index (χ1) is 8.43. The molecule has 0 aromatic heterocycles. The second-order valence-corrected chi connectivity index (χ2v) is 5.31. The average Bonchev–Trinajstić information content (AvgIpc) is 2.31. The number of methoxy groups -OCH3 is 1. The molecule has 18 heavy (non-hydrogen) atoms. The second kappa shape index (κ2) is 6.75. The van der Waals surface area contributed by atoms with Crippen LogP contribution in [-0.2, 0) is 6.54 Å². The molecule has 0 aliphatic carbocycles. The molecule has 3 N–H and O–H groups in total. The summed E-state index contributed by atoms with van der Waals surface area (Å²) in [6.07, 6.45) is 0.581. The molecule has 0 aliphatic heterocycles. The lowest BCUT2D eigenvalue weighted by molar-refractivity contribution is 0.253. The minimum absolute atomic E-state index is 0.221. The maximum absolute atomic E-state index is 7.33. The second-order valence-electron chi connectivity index (χ2n) is 4.45. The molecule has 0 fully saturated rings. The van der Waals surface area contributed by atoms with Gasteiger partial charge in [-0.25, -0.2) is 0 Å². The van der Waals surface area contributed by atoms with E-state index in [0.29, 0.717) is 6.42 Å². The summed E-state index contributed by atoms with van der Waals surface area (Å²) in [5.41, 5.74) is 6.59. The summed E-state index contributed by atoms with van der Waals surface area (Å²) in [6, 6.07) is 6.16. The van der Waals surface area contributed by atoms with Crippen LogP contribution in [0.5, 0.6) is 5.75 Å². The predicted octanol–water partition coefficient (Wildman–Crippen LogP) is 2.60. The fraction of sp³-hybridized carbons (Fsp3) is 0.462. The SMILES string of the molecule is COc1ccc(Br)c(CN(C)C(C)CC(=N)N)c1. The third-order valence-corrected chi connectivity index (χ3v) is 3.71. The number of ether oxygens (including phenoxy) is 1. The molecule has 0 amide bonds. The van der Waals surface area contributed by atoms with Gasteiger partial charge >= 0.3 is 0 Å². The first-order valence-corrected chi connectivity index (χ1v) is 6.59. The third-order valence-electron chi connectivity index (χ3n) is 2.94. The van der Waals surface area contributed by atoms with E-state index in [9.17, 15) is 0 Å². The lowest BCUT2D eigenvalue weighted by atomic mass is 10.1. The van der Waals surface area contributed by atoms with Gasteiger partial charge in [0, 0.05) is 23.5 Å². The van der Waals surface area contributed by atoms with Crippen molar-refractivity contribution in [1.29, 1.82) is 5.41 Å². The number of nitrogens with zero attached hydrogens (tertiary/aromatic N) is 1. The van der Waals surface area contributed by atoms with E-state index in [1.807, 2.05) is 25.2 Å². The van der Waals surface area contributed by atoms with Crippen molar-refractivity contribution in [3.63, 3.8) is 0 Å². The van der Waals surface area contributed by atoms with Gasteiger partial charge in [0.15, 0.2) is 0 Å². The number of nitrogens with two attached hydrogens (primary N) is 1. The van der Waals surface area contributed by atoms with Crippen molar-refractivity contribution in [2.45, 2.75) is 25.9 Å². The summed E-state index contributed by atoms with van der Waals surface area (Å²) in [4.78, 5) is 2.17. The molecule has 0 radical (unpaired) electrons. The summed E-state index contributed by atoms with van der Waals surface area (Å²) in [5.74, 6) is 1.07. The Balaban J connectivity index is 2.74. The highest BCUT2D eigenvalue weighted by Crippen LogP contribution is 2.24. The van der Waals surface area contributed by atoms with E-state index in [0.717, 1.165) is 22.3 Å². The number of hydrogen-bond donors (Lipinski definition) is 2. The van der Waals surface area contributed by atoms with Crippen LogP contribution in [0.1, 0.15) is 18.9 Å². The lowest BCUT2D eigenvalue weighted by Crippen LogP contribution is -2.32. The number of nitrogens with one attached hydrogen (secondary N) is 1. The van der Waals surface area contributed by atoms with Crippen molar-refractivity contribution in [2.75, 3.05) is 14.2 Å². The highest BCUT2D eigenvalue weighted by molar-refractivity contribution is 9.10. The molecule has 100 valence electrons. The van der Waals surface area contributed by atoms with Gasteiger partial charge in [0.25, 0.3) is 0 Å². The highest BCUT2D eigenvalue weighted by Gasteiger charge is 2.12. The molecule has 0 aliphatic rings. The fourth-order valence-electron chi connectivity index (χ4n) is 1.70. The van der Waals surface area contributed by atoms with Crippen molar-refractivity contribution in [3.05, 3.63) is 28.2 Å². The van der Waals surface area contributed by atoms with Gasteiger partial charge in [-0.3, -0.25) is 10.3 Å². The highest BCUT2D eigenvalue weighted by atomic mass is 79.9. The Morgan fingerprint density at radius 2 is 2.22 bits per heavy atom. The Hall–Kier alpha value is -1.07. The number of amidine groups is 1. The van der Waals surface area contributed by atoms with E-state index in [1.165, 1.54) is 0 Å². The molecule has 1 unspecified atom stereocenters. The molecule has 1 atom stereocenters. The molecular formula is C13H20BrN3O. The van der Waals surface area contributed by atoms with Crippen molar-refractivity contribution in [1.82, 2.24) is 4.90 Å². The number of rotatable bonds is 6. The van der Waals surface area contributed by atoms with Crippen LogP contribution in [0.25, 0.3) is 0 Å². The minimum Gasteiger partial charge on any atom is -0.497 e. The third kappa shape index (κ3) is 4.31. The van der Waals surface area contributed by atoms with Gasteiger partial charge in [-0.15, -0.1) is 0 Å². The van der Waals surface area contributed by atoms with E-state index in [1.54, 1.807) is 7.11 Å².